The second-order valence-electron chi connectivity index (χ2n) is 4.91. The molecule has 0 aliphatic rings. The second-order valence-corrected chi connectivity index (χ2v) is 4.91. The third-order valence-corrected chi connectivity index (χ3v) is 2.21. The quantitative estimate of drug-likeness (QED) is 0.583. The summed E-state index contributed by atoms with van der Waals surface area (Å²) in [7, 11) is 0. The van der Waals surface area contributed by atoms with Gasteiger partial charge in [-0.15, -0.1) is 0 Å². The van der Waals surface area contributed by atoms with E-state index in [1.807, 2.05) is 6.92 Å². The molecule has 0 fully saturated rings. The molecule has 0 aliphatic carbocycles. The molecular weight excluding hydrogens is 220 g/mol. The monoisotopic (exact) mass is 238 g/mol. The van der Waals surface area contributed by atoms with Crippen molar-refractivity contribution in [1.82, 2.24) is 9.78 Å². The highest BCUT2D eigenvalue weighted by molar-refractivity contribution is 5.96. The lowest BCUT2D eigenvalue weighted by atomic mass is 9.97. The van der Waals surface area contributed by atoms with Crippen molar-refractivity contribution in [3.8, 4) is 0 Å². The fraction of sp³-hybridized carbons (Fsp3) is 0.583. The van der Waals surface area contributed by atoms with Gasteiger partial charge in [0.15, 0.2) is 0 Å². The van der Waals surface area contributed by atoms with Gasteiger partial charge >= 0.3 is 11.9 Å². The Kier molecular flexibility index (Phi) is 3.70. The zero-order valence-corrected chi connectivity index (χ0v) is 10.9. The molecule has 0 atom stereocenters. The number of aryl methyl sites for hydroxylation is 2. The SMILES string of the molecule is CCn1nc(C)cc1C(=O)OC(=O)C(C)(C)C. The maximum absolute atomic E-state index is 11.8. The van der Waals surface area contributed by atoms with Gasteiger partial charge in [0, 0.05) is 6.54 Å². The van der Waals surface area contributed by atoms with Gasteiger partial charge < -0.3 is 4.74 Å². The van der Waals surface area contributed by atoms with Crippen LogP contribution in [0.5, 0.6) is 0 Å². The molecule has 1 rings (SSSR count). The lowest BCUT2D eigenvalue weighted by molar-refractivity contribution is -0.146. The summed E-state index contributed by atoms with van der Waals surface area (Å²) in [5, 5.41) is 4.12. The third kappa shape index (κ3) is 3.15. The number of aromatic nitrogens is 2. The Morgan fingerprint density at radius 3 is 2.47 bits per heavy atom. The van der Waals surface area contributed by atoms with E-state index in [-0.39, 0.29) is 0 Å². The van der Waals surface area contributed by atoms with Crippen molar-refractivity contribution in [2.45, 2.75) is 41.2 Å². The molecule has 94 valence electrons. The highest BCUT2D eigenvalue weighted by Crippen LogP contribution is 2.16. The predicted molar refractivity (Wildman–Crippen MR) is 62.5 cm³/mol. The van der Waals surface area contributed by atoms with Gasteiger partial charge in [-0.05, 0) is 40.7 Å². The Labute approximate surface area is 101 Å². The lowest BCUT2D eigenvalue weighted by Gasteiger charge is -2.15. The molecule has 5 heteroatoms. The van der Waals surface area contributed by atoms with Crippen LogP contribution in [0.25, 0.3) is 0 Å². The molecule has 0 amide bonds. The van der Waals surface area contributed by atoms with Crippen molar-refractivity contribution in [3.05, 3.63) is 17.5 Å². The Morgan fingerprint density at radius 1 is 1.41 bits per heavy atom. The average molecular weight is 238 g/mol. The third-order valence-electron chi connectivity index (χ3n) is 2.21. The minimum absolute atomic E-state index is 0.308. The number of carbonyl (C=O) groups is 2. The molecule has 0 aliphatic heterocycles. The molecule has 0 saturated heterocycles. The van der Waals surface area contributed by atoms with Crippen molar-refractivity contribution in [2.75, 3.05) is 0 Å². The fourth-order valence-electron chi connectivity index (χ4n) is 1.24. The van der Waals surface area contributed by atoms with Gasteiger partial charge in [0.1, 0.15) is 5.69 Å². The summed E-state index contributed by atoms with van der Waals surface area (Å²) in [6.07, 6.45) is 0. The maximum Gasteiger partial charge on any atom is 0.364 e. The van der Waals surface area contributed by atoms with Crippen LogP contribution in [0.2, 0.25) is 0 Å². The molecule has 0 unspecified atom stereocenters. The number of ether oxygens (including phenoxy) is 1. The summed E-state index contributed by atoms with van der Waals surface area (Å²) in [4.78, 5) is 23.4. The van der Waals surface area contributed by atoms with E-state index in [0.29, 0.717) is 12.2 Å². The van der Waals surface area contributed by atoms with E-state index < -0.39 is 17.4 Å². The van der Waals surface area contributed by atoms with Crippen LogP contribution in [0, 0.1) is 12.3 Å². The fourth-order valence-corrected chi connectivity index (χ4v) is 1.24. The summed E-state index contributed by atoms with van der Waals surface area (Å²) in [5.41, 5.74) is 0.339. The molecule has 17 heavy (non-hydrogen) atoms. The Bertz CT molecular complexity index is 441. The molecule has 5 nitrogen and oxygen atoms in total. The molecule has 0 aromatic carbocycles. The minimum Gasteiger partial charge on any atom is -0.388 e. The van der Waals surface area contributed by atoms with Gasteiger partial charge in [-0.25, -0.2) is 4.79 Å². The number of hydrogen-bond acceptors (Lipinski definition) is 4. The van der Waals surface area contributed by atoms with Crippen LogP contribution in [0.3, 0.4) is 0 Å². The standard InChI is InChI=1S/C12H18N2O3/c1-6-14-9(7-8(2)13-14)10(15)17-11(16)12(3,4)5/h7H,6H2,1-5H3. The van der Waals surface area contributed by atoms with Crippen LogP contribution in [0.4, 0.5) is 0 Å². The molecule has 1 aromatic heterocycles. The summed E-state index contributed by atoms with van der Waals surface area (Å²) in [6.45, 7) is 9.31. The van der Waals surface area contributed by atoms with Gasteiger partial charge in [0.25, 0.3) is 0 Å². The molecular formula is C12H18N2O3. The number of hydrogen-bond donors (Lipinski definition) is 0. The molecule has 0 spiro atoms. The second kappa shape index (κ2) is 4.69. The molecule has 0 N–H and O–H groups in total. The first-order chi connectivity index (χ1) is 7.75. The first-order valence-corrected chi connectivity index (χ1v) is 5.56. The van der Waals surface area contributed by atoms with Crippen LogP contribution >= 0.6 is 0 Å². The number of nitrogens with zero attached hydrogens (tertiary/aromatic N) is 2. The van der Waals surface area contributed by atoms with Crippen LogP contribution in [-0.4, -0.2) is 21.7 Å². The van der Waals surface area contributed by atoms with Gasteiger partial charge in [-0.2, -0.15) is 5.10 Å². The smallest absolute Gasteiger partial charge is 0.364 e. The van der Waals surface area contributed by atoms with Crippen molar-refractivity contribution in [2.24, 2.45) is 5.41 Å². The van der Waals surface area contributed by atoms with Gasteiger partial charge in [-0.1, -0.05) is 0 Å². The number of esters is 2. The normalized spacial score (nSPS) is 11.4. The van der Waals surface area contributed by atoms with Crippen molar-refractivity contribution < 1.29 is 14.3 Å². The first kappa shape index (κ1) is 13.4. The zero-order chi connectivity index (χ0) is 13.2. The van der Waals surface area contributed by atoms with E-state index in [0.717, 1.165) is 5.69 Å². The highest BCUT2D eigenvalue weighted by atomic mass is 16.6. The molecule has 0 bridgehead atoms. The minimum atomic E-state index is -0.693. The van der Waals surface area contributed by atoms with Crippen molar-refractivity contribution in [1.29, 1.82) is 0 Å². The van der Waals surface area contributed by atoms with E-state index in [1.54, 1.807) is 33.8 Å². The van der Waals surface area contributed by atoms with E-state index in [4.69, 9.17) is 4.74 Å². The number of rotatable bonds is 2. The van der Waals surface area contributed by atoms with Crippen molar-refractivity contribution in [3.63, 3.8) is 0 Å². The average Bonchev–Trinajstić information content (AvgIpc) is 2.58. The van der Waals surface area contributed by atoms with E-state index in [1.165, 1.54) is 4.68 Å². The highest BCUT2D eigenvalue weighted by Gasteiger charge is 2.27. The molecule has 1 aromatic rings. The molecule has 1 heterocycles. The van der Waals surface area contributed by atoms with E-state index in [9.17, 15) is 9.59 Å². The van der Waals surface area contributed by atoms with Crippen LogP contribution < -0.4 is 0 Å². The number of carbonyl (C=O) groups excluding carboxylic acids is 2. The lowest BCUT2D eigenvalue weighted by Crippen LogP contribution is -2.27. The first-order valence-electron chi connectivity index (χ1n) is 5.56. The summed E-state index contributed by atoms with van der Waals surface area (Å²) >= 11 is 0. The van der Waals surface area contributed by atoms with Gasteiger partial charge in [0.2, 0.25) is 0 Å². The van der Waals surface area contributed by atoms with Gasteiger partial charge in [-0.3, -0.25) is 9.48 Å². The zero-order valence-electron chi connectivity index (χ0n) is 10.9. The van der Waals surface area contributed by atoms with E-state index in [2.05, 4.69) is 5.10 Å². The Hall–Kier alpha value is -1.65. The van der Waals surface area contributed by atoms with Crippen molar-refractivity contribution >= 4 is 11.9 Å². The molecule has 0 radical (unpaired) electrons. The van der Waals surface area contributed by atoms with Crippen LogP contribution in [0.15, 0.2) is 6.07 Å². The Balaban J connectivity index is 2.87. The van der Waals surface area contributed by atoms with Crippen LogP contribution in [-0.2, 0) is 16.1 Å². The molecule has 0 saturated carbocycles. The maximum atomic E-state index is 11.8. The van der Waals surface area contributed by atoms with Crippen LogP contribution in [0.1, 0.15) is 43.9 Å². The summed E-state index contributed by atoms with van der Waals surface area (Å²) in [6, 6.07) is 1.61. The topological polar surface area (TPSA) is 61.2 Å². The largest absolute Gasteiger partial charge is 0.388 e. The van der Waals surface area contributed by atoms with Gasteiger partial charge in [0.05, 0.1) is 11.1 Å². The van der Waals surface area contributed by atoms with E-state index >= 15 is 0 Å². The summed E-state index contributed by atoms with van der Waals surface area (Å²) in [5.74, 6) is -1.18. The Morgan fingerprint density at radius 2 is 2.00 bits per heavy atom. The summed E-state index contributed by atoms with van der Waals surface area (Å²) < 4.78 is 6.34. The predicted octanol–water partition coefficient (Wildman–Crippen LogP) is 1.94.